The van der Waals surface area contributed by atoms with Gasteiger partial charge in [-0.3, -0.25) is 4.79 Å². The van der Waals surface area contributed by atoms with Crippen molar-refractivity contribution in [2.75, 3.05) is 14.1 Å². The molecule has 0 aliphatic heterocycles. The summed E-state index contributed by atoms with van der Waals surface area (Å²) in [6.07, 6.45) is 1.44. The lowest BCUT2D eigenvalue weighted by Gasteiger charge is -2.06. The Morgan fingerprint density at radius 2 is 2.40 bits per heavy atom. The lowest BCUT2D eigenvalue weighted by Crippen LogP contribution is -2.07. The van der Waals surface area contributed by atoms with E-state index in [2.05, 4.69) is 9.97 Å². The maximum Gasteiger partial charge on any atom is 0.274 e. The maximum absolute atomic E-state index is 11.5. The van der Waals surface area contributed by atoms with Gasteiger partial charge in [0.1, 0.15) is 5.52 Å². The number of aromatic nitrogens is 2. The molecule has 0 amide bonds. The second-order valence-corrected chi connectivity index (χ2v) is 2.84. The van der Waals surface area contributed by atoms with Gasteiger partial charge in [0, 0.05) is 11.6 Å². The zero-order valence-corrected chi connectivity index (χ0v) is 7.90. The van der Waals surface area contributed by atoms with E-state index in [1.165, 1.54) is 19.4 Å². The number of nitrogens with one attached hydrogen (secondary N) is 1. The Labute approximate surface area is 89.9 Å². The summed E-state index contributed by atoms with van der Waals surface area (Å²) >= 11 is 0. The fraction of sp³-hybridized carbons (Fsp3) is 0.200. The zero-order valence-electron chi connectivity index (χ0n) is 10.9. The molecule has 2 heterocycles. The maximum atomic E-state index is 11.5. The first-order valence-corrected chi connectivity index (χ1v) is 4.16. The van der Waals surface area contributed by atoms with Crippen molar-refractivity contribution in [1.82, 2.24) is 9.97 Å². The van der Waals surface area contributed by atoms with Crippen molar-refractivity contribution in [3.05, 3.63) is 28.7 Å². The molecule has 0 bridgehead atoms. The van der Waals surface area contributed by atoms with Gasteiger partial charge in [-0.1, -0.05) is 0 Å². The summed E-state index contributed by atoms with van der Waals surface area (Å²) in [7, 11) is -1.29. The van der Waals surface area contributed by atoms with Crippen LogP contribution in [-0.2, 0) is 0 Å². The normalized spacial score (nSPS) is 14.1. The Morgan fingerprint density at radius 1 is 1.53 bits per heavy atom. The van der Waals surface area contributed by atoms with Crippen LogP contribution in [0.3, 0.4) is 0 Å². The van der Waals surface area contributed by atoms with E-state index in [9.17, 15) is 4.79 Å². The van der Waals surface area contributed by atoms with Crippen LogP contribution < -0.4 is 15.0 Å². The molecule has 15 heavy (non-hydrogen) atoms. The number of ether oxygens (including phenoxy) is 2. The molecule has 2 aromatic rings. The molecule has 0 saturated carbocycles. The smallest absolute Gasteiger partial charge is 0.274 e. The highest BCUT2D eigenvalue weighted by molar-refractivity contribution is 5.79. The third-order valence-electron chi connectivity index (χ3n) is 1.98. The fourth-order valence-corrected chi connectivity index (χ4v) is 1.30. The van der Waals surface area contributed by atoms with Crippen LogP contribution in [0.25, 0.3) is 10.9 Å². The van der Waals surface area contributed by atoms with Gasteiger partial charge in [0.25, 0.3) is 11.4 Å². The summed E-state index contributed by atoms with van der Waals surface area (Å²) in [5.74, 6) is -0.0778. The Balaban J connectivity index is 2.63. The van der Waals surface area contributed by atoms with Gasteiger partial charge in [-0.2, -0.15) is 0 Å². The van der Waals surface area contributed by atoms with Crippen LogP contribution in [0.4, 0.5) is 0 Å². The summed E-state index contributed by atoms with van der Waals surface area (Å²) in [6, 6.07) is 3.00. The minimum atomic E-state index is -2.61. The minimum Gasteiger partial charge on any atom is -0.491 e. The molecular weight excluding hydrogens is 196 g/mol. The molecule has 78 valence electrons. The van der Waals surface area contributed by atoms with E-state index in [1.54, 1.807) is 6.07 Å². The number of fused-ring (bicyclic) bond motifs is 1. The van der Waals surface area contributed by atoms with Crippen molar-refractivity contribution < 1.29 is 13.6 Å². The van der Waals surface area contributed by atoms with E-state index in [1.807, 2.05) is 0 Å². The third kappa shape index (κ3) is 1.52. The van der Waals surface area contributed by atoms with Crippen LogP contribution in [0.2, 0.25) is 0 Å². The van der Waals surface area contributed by atoms with Crippen molar-refractivity contribution in [2.45, 2.75) is 0 Å². The monoisotopic (exact) mass is 209 g/mol. The molecule has 0 radical (unpaired) electrons. The molecule has 0 aliphatic rings. The van der Waals surface area contributed by atoms with E-state index in [0.29, 0.717) is 5.39 Å². The summed E-state index contributed by atoms with van der Waals surface area (Å²) in [6.45, 7) is 0. The predicted molar refractivity (Wildman–Crippen MR) is 55.5 cm³/mol. The van der Waals surface area contributed by atoms with Crippen molar-refractivity contribution in [3.8, 4) is 11.6 Å². The number of aromatic amines is 1. The van der Waals surface area contributed by atoms with Gasteiger partial charge in [0.15, 0.2) is 5.75 Å². The summed E-state index contributed by atoms with van der Waals surface area (Å²) in [5, 5.41) is 0.471. The number of hydrogen-bond acceptors (Lipinski definition) is 4. The Hall–Kier alpha value is -2.04. The SMILES string of the molecule is [2H]C([2H])([2H])Oc1cc2cc[nH]c(=O)c2nc1OC. The predicted octanol–water partition coefficient (Wildman–Crippen LogP) is 0.940. The van der Waals surface area contributed by atoms with Crippen molar-refractivity contribution in [2.24, 2.45) is 0 Å². The molecule has 1 N–H and O–H groups in total. The first kappa shape index (κ1) is 6.44. The Bertz CT molecular complexity index is 636. The lowest BCUT2D eigenvalue weighted by atomic mass is 10.2. The van der Waals surface area contributed by atoms with Crippen LogP contribution in [0.15, 0.2) is 23.1 Å². The van der Waals surface area contributed by atoms with Gasteiger partial charge >= 0.3 is 0 Å². The van der Waals surface area contributed by atoms with Crippen molar-refractivity contribution in [3.63, 3.8) is 0 Å². The molecule has 0 aliphatic carbocycles. The second kappa shape index (κ2) is 3.61. The number of pyridine rings is 2. The standard InChI is InChI=1S/C10H10N2O3/c1-14-7-5-6-3-4-11-9(13)8(6)12-10(7)15-2/h3-5H,1-2H3,(H,11,13)/i1D3. The largest absolute Gasteiger partial charge is 0.491 e. The number of methoxy groups -OCH3 is 2. The molecule has 0 unspecified atom stereocenters. The molecule has 0 atom stereocenters. The van der Waals surface area contributed by atoms with Crippen LogP contribution in [0.1, 0.15) is 4.11 Å². The first-order chi connectivity index (χ1) is 8.40. The minimum absolute atomic E-state index is 0.0319. The summed E-state index contributed by atoms with van der Waals surface area (Å²) in [4.78, 5) is 17.9. The van der Waals surface area contributed by atoms with E-state index in [0.717, 1.165) is 0 Å². The topological polar surface area (TPSA) is 64.2 Å². The number of nitrogens with zero attached hydrogens (tertiary/aromatic N) is 1. The van der Waals surface area contributed by atoms with Gasteiger partial charge in [-0.25, -0.2) is 4.98 Å². The zero-order chi connectivity index (χ0) is 13.3. The van der Waals surface area contributed by atoms with E-state index in [-0.39, 0.29) is 22.7 Å². The third-order valence-corrected chi connectivity index (χ3v) is 1.98. The Morgan fingerprint density at radius 3 is 3.13 bits per heavy atom. The van der Waals surface area contributed by atoms with Gasteiger partial charge < -0.3 is 14.5 Å². The number of hydrogen-bond donors (Lipinski definition) is 1. The Kier molecular flexibility index (Phi) is 1.55. The van der Waals surface area contributed by atoms with Crippen LogP contribution in [0, 0.1) is 0 Å². The van der Waals surface area contributed by atoms with Gasteiger partial charge in [0.2, 0.25) is 0 Å². The van der Waals surface area contributed by atoms with E-state index < -0.39 is 7.04 Å². The van der Waals surface area contributed by atoms with E-state index in [4.69, 9.17) is 13.6 Å². The molecule has 2 aromatic heterocycles. The quantitative estimate of drug-likeness (QED) is 0.799. The van der Waals surface area contributed by atoms with Crippen LogP contribution >= 0.6 is 0 Å². The summed E-state index contributed by atoms with van der Waals surface area (Å²) in [5.41, 5.74) is -0.224. The molecule has 0 spiro atoms. The highest BCUT2D eigenvalue weighted by Gasteiger charge is 2.09. The first-order valence-electron chi connectivity index (χ1n) is 5.66. The molecule has 0 saturated heterocycles. The second-order valence-electron chi connectivity index (χ2n) is 2.84. The summed E-state index contributed by atoms with van der Waals surface area (Å²) < 4.78 is 30.8. The van der Waals surface area contributed by atoms with Gasteiger partial charge in [0.05, 0.1) is 18.3 Å². The highest BCUT2D eigenvalue weighted by atomic mass is 16.5. The van der Waals surface area contributed by atoms with Gasteiger partial charge in [-0.15, -0.1) is 0 Å². The van der Waals surface area contributed by atoms with E-state index >= 15 is 0 Å². The molecule has 5 heteroatoms. The lowest BCUT2D eigenvalue weighted by molar-refractivity contribution is 0.344. The average Bonchev–Trinajstić information content (AvgIpc) is 2.26. The fourth-order valence-electron chi connectivity index (χ4n) is 1.30. The molecule has 0 aromatic carbocycles. The van der Waals surface area contributed by atoms with Crippen molar-refractivity contribution in [1.29, 1.82) is 0 Å². The van der Waals surface area contributed by atoms with Crippen molar-refractivity contribution >= 4 is 10.9 Å². The number of rotatable bonds is 2. The molecule has 5 nitrogen and oxygen atoms in total. The molecular formula is C10H10N2O3. The highest BCUT2D eigenvalue weighted by Crippen LogP contribution is 2.26. The van der Waals surface area contributed by atoms with Crippen LogP contribution in [0.5, 0.6) is 11.6 Å². The molecule has 0 fully saturated rings. The number of H-pyrrole nitrogens is 1. The van der Waals surface area contributed by atoms with Crippen LogP contribution in [-0.4, -0.2) is 24.1 Å². The molecule has 2 rings (SSSR count). The average molecular weight is 209 g/mol. The van der Waals surface area contributed by atoms with Gasteiger partial charge in [-0.05, 0) is 12.1 Å².